The van der Waals surface area contributed by atoms with Crippen LogP contribution in [0.25, 0.3) is 0 Å². The van der Waals surface area contributed by atoms with Crippen molar-refractivity contribution < 1.29 is 22.7 Å². The summed E-state index contributed by atoms with van der Waals surface area (Å²) in [5.74, 6) is 0.925. The molecule has 7 nitrogen and oxygen atoms in total. The van der Waals surface area contributed by atoms with Gasteiger partial charge >= 0.3 is 6.09 Å². The van der Waals surface area contributed by atoms with E-state index in [4.69, 9.17) is 9.47 Å². The van der Waals surface area contributed by atoms with Crippen LogP contribution in [-0.2, 0) is 19.5 Å². The molecule has 8 heteroatoms. The van der Waals surface area contributed by atoms with Crippen LogP contribution < -0.4 is 4.72 Å². The van der Waals surface area contributed by atoms with Crippen LogP contribution in [0.2, 0.25) is 0 Å². The van der Waals surface area contributed by atoms with Gasteiger partial charge in [0, 0.05) is 12.1 Å². The van der Waals surface area contributed by atoms with E-state index < -0.39 is 16.1 Å². The molecule has 0 radical (unpaired) electrons. The van der Waals surface area contributed by atoms with Gasteiger partial charge in [0.2, 0.25) is 10.0 Å². The van der Waals surface area contributed by atoms with Gasteiger partial charge in [0.25, 0.3) is 0 Å². The number of hydrogen-bond donors (Lipinski definition) is 1. The van der Waals surface area contributed by atoms with E-state index >= 15 is 0 Å². The number of benzene rings is 1. The zero-order chi connectivity index (χ0) is 21.9. The van der Waals surface area contributed by atoms with Crippen LogP contribution in [0.1, 0.15) is 51.0 Å². The van der Waals surface area contributed by atoms with Gasteiger partial charge in [0.15, 0.2) is 0 Å². The lowest BCUT2D eigenvalue weighted by Gasteiger charge is -2.36. The minimum Gasteiger partial charge on any atom is -0.453 e. The Morgan fingerprint density at radius 2 is 1.87 bits per heavy atom. The first kappa shape index (κ1) is 23.0. The van der Waals surface area contributed by atoms with Gasteiger partial charge in [-0.25, -0.2) is 17.9 Å². The molecule has 3 unspecified atom stereocenters. The Morgan fingerprint density at radius 1 is 1.17 bits per heavy atom. The molecule has 0 spiro atoms. The number of amides is 1. The van der Waals surface area contributed by atoms with E-state index in [2.05, 4.69) is 35.9 Å². The van der Waals surface area contributed by atoms with E-state index in [0.717, 1.165) is 25.5 Å². The number of ether oxygens (including phenoxy) is 2. The molecule has 30 heavy (non-hydrogen) atoms. The van der Waals surface area contributed by atoms with Crippen molar-refractivity contribution in [3.8, 4) is 0 Å². The molecule has 1 aliphatic carbocycles. The quantitative estimate of drug-likeness (QED) is 0.738. The van der Waals surface area contributed by atoms with Crippen LogP contribution in [-0.4, -0.2) is 63.6 Å². The summed E-state index contributed by atoms with van der Waals surface area (Å²) in [5.41, 5.74) is 1.38. The molecule has 1 aromatic rings. The number of carbonyl (C=O) groups is 1. The highest BCUT2D eigenvalue weighted by molar-refractivity contribution is 7.88. The molecule has 1 N–H and O–H groups in total. The molecule has 2 fully saturated rings. The van der Waals surface area contributed by atoms with Crippen LogP contribution >= 0.6 is 0 Å². The minimum atomic E-state index is -3.40. The van der Waals surface area contributed by atoms with E-state index in [-0.39, 0.29) is 30.8 Å². The first-order chi connectivity index (χ1) is 14.2. The second kappa shape index (κ2) is 9.66. The maximum atomic E-state index is 12.3. The van der Waals surface area contributed by atoms with E-state index in [9.17, 15) is 13.2 Å². The Labute approximate surface area is 180 Å². The summed E-state index contributed by atoms with van der Waals surface area (Å²) in [5, 5.41) is 0. The van der Waals surface area contributed by atoms with Crippen molar-refractivity contribution in [1.29, 1.82) is 0 Å². The lowest BCUT2D eigenvalue weighted by molar-refractivity contribution is -0.0339. The van der Waals surface area contributed by atoms with Crippen LogP contribution in [0, 0.1) is 5.92 Å². The predicted molar refractivity (Wildman–Crippen MR) is 116 cm³/mol. The highest BCUT2D eigenvalue weighted by atomic mass is 32.2. The lowest BCUT2D eigenvalue weighted by Crippen LogP contribution is -2.50. The zero-order valence-electron chi connectivity index (χ0n) is 18.3. The summed E-state index contributed by atoms with van der Waals surface area (Å²) in [6.45, 7) is 4.40. The maximum absolute atomic E-state index is 12.3. The van der Waals surface area contributed by atoms with Crippen molar-refractivity contribution in [2.24, 2.45) is 5.92 Å². The Hall–Kier alpha value is -1.64. The van der Waals surface area contributed by atoms with Gasteiger partial charge in [0.1, 0.15) is 0 Å². The third kappa shape index (κ3) is 5.53. The lowest BCUT2D eigenvalue weighted by atomic mass is 9.77. The molecule has 1 saturated heterocycles. The second-order valence-electron chi connectivity index (χ2n) is 8.80. The van der Waals surface area contributed by atoms with Gasteiger partial charge in [-0.15, -0.1) is 0 Å². The molecule has 0 bridgehead atoms. The van der Waals surface area contributed by atoms with Crippen LogP contribution in [0.15, 0.2) is 30.3 Å². The van der Waals surface area contributed by atoms with Crippen molar-refractivity contribution in [3.05, 3.63) is 35.9 Å². The molecule has 3 rings (SSSR count). The summed E-state index contributed by atoms with van der Waals surface area (Å²) in [6, 6.07) is 9.68. The van der Waals surface area contributed by atoms with E-state index in [1.54, 1.807) is 4.90 Å². The van der Waals surface area contributed by atoms with E-state index in [1.165, 1.54) is 12.7 Å². The number of sulfonamides is 1. The smallest absolute Gasteiger partial charge is 0.410 e. The van der Waals surface area contributed by atoms with Crippen molar-refractivity contribution in [2.45, 2.75) is 69.7 Å². The van der Waals surface area contributed by atoms with Crippen LogP contribution in [0.5, 0.6) is 0 Å². The number of methoxy groups -OCH3 is 1. The first-order valence-electron chi connectivity index (χ1n) is 10.7. The Bertz CT molecular complexity index is 816. The van der Waals surface area contributed by atoms with Crippen molar-refractivity contribution in [1.82, 2.24) is 9.62 Å². The average molecular weight is 439 g/mol. The molecule has 6 atom stereocenters. The van der Waals surface area contributed by atoms with Crippen molar-refractivity contribution in [3.63, 3.8) is 0 Å². The highest BCUT2D eigenvalue weighted by Crippen LogP contribution is 2.38. The SMILES string of the molecule is COC(=O)N1[C@H](C)C[C@H](NS(C)(=O)=O)[C@@H]1COC1CCC(c2ccccc2)CC1C. The molecule has 1 saturated carbocycles. The molecule has 1 heterocycles. The summed E-state index contributed by atoms with van der Waals surface area (Å²) >= 11 is 0. The summed E-state index contributed by atoms with van der Waals surface area (Å²) < 4.78 is 37.6. The van der Waals surface area contributed by atoms with Gasteiger partial charge in [-0.05, 0) is 50.0 Å². The molecule has 0 aromatic heterocycles. The standard InChI is InChI=1S/C22H34N2O5S/c1-15-12-18(17-8-6-5-7-9-17)10-11-21(15)29-14-20-19(23-30(4,26)27)13-16(2)24(20)22(25)28-3/h5-9,15-16,18-21,23H,10-14H2,1-4H3/t15?,16-,18?,19+,20+,21?/m1/s1. The third-order valence-corrected chi connectivity index (χ3v) is 7.22. The summed E-state index contributed by atoms with van der Waals surface area (Å²) in [7, 11) is -2.05. The van der Waals surface area contributed by atoms with Crippen molar-refractivity contribution >= 4 is 16.1 Å². The Kier molecular flexibility index (Phi) is 7.42. The number of hydrogen-bond acceptors (Lipinski definition) is 5. The average Bonchev–Trinajstić information content (AvgIpc) is 3.00. The van der Waals surface area contributed by atoms with Crippen LogP contribution in [0.3, 0.4) is 0 Å². The first-order valence-corrected chi connectivity index (χ1v) is 12.6. The Morgan fingerprint density at radius 3 is 2.47 bits per heavy atom. The van der Waals surface area contributed by atoms with E-state index in [1.807, 2.05) is 13.0 Å². The normalized spacial score (nSPS) is 32.2. The largest absolute Gasteiger partial charge is 0.453 e. The minimum absolute atomic E-state index is 0.0965. The molecule has 1 aromatic carbocycles. The summed E-state index contributed by atoms with van der Waals surface area (Å²) in [4.78, 5) is 13.9. The van der Waals surface area contributed by atoms with Gasteiger partial charge in [-0.3, -0.25) is 4.90 Å². The molecular weight excluding hydrogens is 404 g/mol. The van der Waals surface area contributed by atoms with Gasteiger partial charge in [-0.2, -0.15) is 0 Å². The zero-order valence-corrected chi connectivity index (χ0v) is 19.1. The fourth-order valence-electron chi connectivity index (χ4n) is 5.04. The third-order valence-electron chi connectivity index (χ3n) is 6.49. The second-order valence-corrected chi connectivity index (χ2v) is 10.6. The number of nitrogens with one attached hydrogen (secondary N) is 1. The van der Waals surface area contributed by atoms with Gasteiger partial charge in [0.05, 0.1) is 32.1 Å². The fraction of sp³-hybridized carbons (Fsp3) is 0.682. The predicted octanol–water partition coefficient (Wildman–Crippen LogP) is 3.12. The maximum Gasteiger partial charge on any atom is 0.410 e. The number of likely N-dealkylation sites (tertiary alicyclic amines) is 1. The van der Waals surface area contributed by atoms with Gasteiger partial charge in [-0.1, -0.05) is 37.3 Å². The summed E-state index contributed by atoms with van der Waals surface area (Å²) in [6.07, 6.45) is 4.39. The van der Waals surface area contributed by atoms with Crippen LogP contribution in [0.4, 0.5) is 4.79 Å². The van der Waals surface area contributed by atoms with E-state index in [0.29, 0.717) is 18.3 Å². The molecule has 1 aliphatic heterocycles. The molecule has 2 aliphatic rings. The van der Waals surface area contributed by atoms with Crippen molar-refractivity contribution in [2.75, 3.05) is 20.0 Å². The monoisotopic (exact) mass is 438 g/mol. The number of nitrogens with zero attached hydrogens (tertiary/aromatic N) is 1. The van der Waals surface area contributed by atoms with Gasteiger partial charge < -0.3 is 9.47 Å². The highest BCUT2D eigenvalue weighted by Gasteiger charge is 2.44. The number of carbonyl (C=O) groups excluding carboxylic acids is 1. The fourth-order valence-corrected chi connectivity index (χ4v) is 5.85. The molecule has 1 amide bonds. The topological polar surface area (TPSA) is 84.9 Å². The Balaban J connectivity index is 1.64. The molecule has 168 valence electrons. The molecular formula is C22H34N2O5S. The number of rotatable bonds is 6.